The third-order valence-electron chi connectivity index (χ3n) is 2.33. The third kappa shape index (κ3) is 2.35. The molecule has 0 aliphatic heterocycles. The molecule has 1 heterocycles. The fourth-order valence-electron chi connectivity index (χ4n) is 1.67. The Morgan fingerprint density at radius 3 is 2.40 bits per heavy atom. The second-order valence-electron chi connectivity index (χ2n) is 3.33. The van der Waals surface area contributed by atoms with Crippen molar-refractivity contribution in [1.82, 2.24) is 4.98 Å². The van der Waals surface area contributed by atoms with Crippen LogP contribution < -0.4 is 5.73 Å². The first kappa shape index (κ1) is 12.1. The lowest BCUT2D eigenvalue weighted by molar-refractivity contribution is -0.131. The molecule has 0 amide bonds. The average molecular weight is 247 g/mol. The highest BCUT2D eigenvalue weighted by Gasteiger charge is 2.32. The number of Topliss-reactive ketones (excluding diaryl/α,β-unsaturated/α-hetero) is 2. The van der Waals surface area contributed by atoms with Crippen LogP contribution in [-0.2, 0) is 9.59 Å². The normalized spacial score (nSPS) is 17.6. The van der Waals surface area contributed by atoms with Crippen LogP contribution in [0, 0.1) is 0 Å². The summed E-state index contributed by atoms with van der Waals surface area (Å²) in [7, 11) is 0. The summed E-state index contributed by atoms with van der Waals surface area (Å²) in [6.45, 7) is 0. The number of anilines is 1. The number of rotatable bonds is 1. The zero-order valence-corrected chi connectivity index (χ0v) is 9.57. The maximum absolute atomic E-state index is 11.5. The van der Waals surface area contributed by atoms with E-state index in [1.54, 1.807) is 5.38 Å². The van der Waals surface area contributed by atoms with Crippen LogP contribution in [0.4, 0.5) is 5.13 Å². The molecule has 0 atom stereocenters. The van der Waals surface area contributed by atoms with Crippen LogP contribution in [0.1, 0.15) is 30.9 Å². The van der Waals surface area contributed by atoms with Crippen LogP contribution in [0.15, 0.2) is 5.38 Å². The number of ketones is 2. The van der Waals surface area contributed by atoms with Crippen molar-refractivity contribution in [2.75, 3.05) is 5.73 Å². The van der Waals surface area contributed by atoms with Gasteiger partial charge in [0.25, 0.3) is 0 Å². The number of thiazole rings is 1. The van der Waals surface area contributed by atoms with Crippen molar-refractivity contribution in [3.8, 4) is 0 Å². The molecule has 4 nitrogen and oxygen atoms in total. The van der Waals surface area contributed by atoms with Crippen molar-refractivity contribution < 1.29 is 9.59 Å². The zero-order chi connectivity index (χ0) is 10.1. The van der Waals surface area contributed by atoms with Crippen molar-refractivity contribution in [3.63, 3.8) is 0 Å². The van der Waals surface area contributed by atoms with E-state index in [1.807, 2.05) is 0 Å². The Morgan fingerprint density at radius 2 is 1.93 bits per heavy atom. The molecule has 2 N–H and O–H groups in total. The smallest absolute Gasteiger partial charge is 0.180 e. The molecule has 0 bridgehead atoms. The molecule has 15 heavy (non-hydrogen) atoms. The summed E-state index contributed by atoms with van der Waals surface area (Å²) in [5.74, 6) is -0.685. The molecule has 0 saturated heterocycles. The Labute approximate surface area is 97.3 Å². The van der Waals surface area contributed by atoms with Gasteiger partial charge in [-0.05, 0) is 6.42 Å². The summed E-state index contributed by atoms with van der Waals surface area (Å²) >= 11 is 1.26. The van der Waals surface area contributed by atoms with Crippen LogP contribution in [-0.4, -0.2) is 16.6 Å². The second kappa shape index (κ2) is 4.72. The van der Waals surface area contributed by atoms with E-state index in [1.165, 1.54) is 11.3 Å². The fraction of sp³-hybridized carbons (Fsp3) is 0.444. The van der Waals surface area contributed by atoms with Gasteiger partial charge >= 0.3 is 0 Å². The van der Waals surface area contributed by atoms with Crippen LogP contribution in [0.2, 0.25) is 0 Å². The number of nitrogen functional groups attached to an aromatic ring is 1. The van der Waals surface area contributed by atoms with Gasteiger partial charge in [-0.1, -0.05) is 0 Å². The van der Waals surface area contributed by atoms with Gasteiger partial charge in [0.05, 0.1) is 5.69 Å². The highest BCUT2D eigenvalue weighted by molar-refractivity contribution is 7.13. The minimum Gasteiger partial charge on any atom is -0.375 e. The van der Waals surface area contributed by atoms with Gasteiger partial charge < -0.3 is 5.73 Å². The molecule has 1 aliphatic carbocycles. The lowest BCUT2D eigenvalue weighted by Gasteiger charge is -2.16. The van der Waals surface area contributed by atoms with Crippen LogP contribution in [0.5, 0.6) is 0 Å². The topological polar surface area (TPSA) is 73.0 Å². The maximum atomic E-state index is 11.5. The first-order chi connectivity index (χ1) is 6.68. The average Bonchev–Trinajstić information content (AvgIpc) is 2.51. The number of halogens is 1. The molecule has 1 saturated carbocycles. The molecule has 0 unspecified atom stereocenters. The number of nitrogens with two attached hydrogens (primary N) is 1. The number of hydrogen-bond acceptors (Lipinski definition) is 5. The van der Waals surface area contributed by atoms with Crippen molar-refractivity contribution in [1.29, 1.82) is 0 Å². The first-order valence-corrected chi connectivity index (χ1v) is 5.33. The third-order valence-corrected chi connectivity index (χ3v) is 3.02. The van der Waals surface area contributed by atoms with Gasteiger partial charge in [0.1, 0.15) is 17.5 Å². The van der Waals surface area contributed by atoms with Gasteiger partial charge in [0.2, 0.25) is 0 Å². The highest BCUT2D eigenvalue weighted by Crippen LogP contribution is 2.28. The van der Waals surface area contributed by atoms with E-state index >= 15 is 0 Å². The number of carbonyl (C=O) groups is 2. The quantitative estimate of drug-likeness (QED) is 0.763. The van der Waals surface area contributed by atoms with Gasteiger partial charge in [-0.3, -0.25) is 9.59 Å². The summed E-state index contributed by atoms with van der Waals surface area (Å²) in [5, 5.41) is 2.10. The minimum atomic E-state index is -0.641. The molecule has 0 aromatic carbocycles. The largest absolute Gasteiger partial charge is 0.375 e. The van der Waals surface area contributed by atoms with Crippen LogP contribution in [0.25, 0.3) is 0 Å². The molecule has 1 aromatic rings. The Morgan fingerprint density at radius 1 is 1.33 bits per heavy atom. The molecule has 1 aromatic heterocycles. The molecule has 1 aliphatic rings. The van der Waals surface area contributed by atoms with E-state index in [0.29, 0.717) is 30.1 Å². The number of hydrogen-bond donors (Lipinski definition) is 1. The van der Waals surface area contributed by atoms with E-state index in [2.05, 4.69) is 4.98 Å². The molecule has 6 heteroatoms. The number of nitrogens with zero attached hydrogens (tertiary/aromatic N) is 1. The summed E-state index contributed by atoms with van der Waals surface area (Å²) < 4.78 is 0. The standard InChI is InChI=1S/C9H10N2O2S.ClH/c10-9-11-5(4-14-9)8-6(12)2-1-3-7(8)13;/h4,8H,1-3H2,(H2,10,11);1H. The number of carbonyl (C=O) groups excluding carboxylic acids is 2. The van der Waals surface area contributed by atoms with Crippen LogP contribution in [0.3, 0.4) is 0 Å². The van der Waals surface area contributed by atoms with Crippen molar-refractivity contribution in [3.05, 3.63) is 11.1 Å². The summed E-state index contributed by atoms with van der Waals surface area (Å²) in [4.78, 5) is 27.0. The molecular weight excluding hydrogens is 236 g/mol. The lowest BCUT2D eigenvalue weighted by Crippen LogP contribution is -2.26. The molecule has 0 radical (unpaired) electrons. The molecule has 2 rings (SSSR count). The predicted octanol–water partition coefficient (Wildman–Crippen LogP) is 1.55. The lowest BCUT2D eigenvalue weighted by atomic mass is 9.85. The Kier molecular flexibility index (Phi) is 3.82. The maximum Gasteiger partial charge on any atom is 0.180 e. The van der Waals surface area contributed by atoms with Gasteiger partial charge in [-0.2, -0.15) is 0 Å². The van der Waals surface area contributed by atoms with E-state index in [0.717, 1.165) is 0 Å². The SMILES string of the molecule is Cl.Nc1nc(C2C(=O)CCCC2=O)cs1. The van der Waals surface area contributed by atoms with Crippen molar-refractivity contribution >= 4 is 40.4 Å². The van der Waals surface area contributed by atoms with Gasteiger partial charge in [-0.25, -0.2) is 4.98 Å². The molecule has 0 spiro atoms. The molecule has 82 valence electrons. The highest BCUT2D eigenvalue weighted by atomic mass is 35.5. The van der Waals surface area contributed by atoms with Gasteiger partial charge in [0, 0.05) is 18.2 Å². The Bertz CT molecular complexity index is 375. The summed E-state index contributed by atoms with van der Waals surface area (Å²) in [6, 6.07) is 0. The summed E-state index contributed by atoms with van der Waals surface area (Å²) in [6.07, 6.45) is 1.63. The monoisotopic (exact) mass is 246 g/mol. The number of aromatic nitrogens is 1. The van der Waals surface area contributed by atoms with Crippen LogP contribution >= 0.6 is 23.7 Å². The van der Waals surface area contributed by atoms with E-state index in [9.17, 15) is 9.59 Å². The van der Waals surface area contributed by atoms with E-state index < -0.39 is 5.92 Å². The van der Waals surface area contributed by atoms with Crippen molar-refractivity contribution in [2.45, 2.75) is 25.2 Å². The van der Waals surface area contributed by atoms with Gasteiger partial charge in [-0.15, -0.1) is 23.7 Å². The zero-order valence-electron chi connectivity index (χ0n) is 7.93. The Hall–Kier alpha value is -0.940. The van der Waals surface area contributed by atoms with E-state index in [4.69, 9.17) is 5.73 Å². The molecular formula is C9H11ClN2O2S. The predicted molar refractivity (Wildman–Crippen MR) is 60.4 cm³/mol. The van der Waals surface area contributed by atoms with Gasteiger partial charge in [0.15, 0.2) is 5.13 Å². The van der Waals surface area contributed by atoms with Crippen molar-refractivity contribution in [2.24, 2.45) is 0 Å². The Balaban J connectivity index is 0.00000112. The first-order valence-electron chi connectivity index (χ1n) is 4.45. The van der Waals surface area contributed by atoms with E-state index in [-0.39, 0.29) is 24.0 Å². The molecule has 1 fully saturated rings. The summed E-state index contributed by atoms with van der Waals surface area (Å²) in [5.41, 5.74) is 5.99. The minimum absolute atomic E-state index is 0. The fourth-order valence-corrected chi connectivity index (χ4v) is 2.26. The second-order valence-corrected chi connectivity index (χ2v) is 4.22.